The second kappa shape index (κ2) is 8.38. The fourth-order valence-corrected chi connectivity index (χ4v) is 2.03. The van der Waals surface area contributed by atoms with E-state index in [0.717, 1.165) is 0 Å². The smallest absolute Gasteiger partial charge is 0.338 e. The third-order valence-corrected chi connectivity index (χ3v) is 3.31. The average molecular weight is 357 g/mol. The highest BCUT2D eigenvalue weighted by atomic mass is 16.6. The van der Waals surface area contributed by atoms with Crippen molar-refractivity contribution in [3.63, 3.8) is 0 Å². The molecule has 0 aliphatic carbocycles. The van der Waals surface area contributed by atoms with Crippen LogP contribution in [0.2, 0.25) is 0 Å². The Kier molecular flexibility index (Phi) is 5.99. The van der Waals surface area contributed by atoms with Crippen LogP contribution < -0.4 is 10.9 Å². The summed E-state index contributed by atoms with van der Waals surface area (Å²) in [6.45, 7) is 0.866. The van der Waals surface area contributed by atoms with E-state index in [1.54, 1.807) is 30.3 Å². The zero-order chi connectivity index (χ0) is 19.1. The van der Waals surface area contributed by atoms with E-state index in [4.69, 9.17) is 4.74 Å². The van der Waals surface area contributed by atoms with Crippen LogP contribution in [-0.2, 0) is 9.53 Å². The molecule has 0 aromatic heterocycles. The number of amides is 2. The first kappa shape index (κ1) is 18.6. The lowest BCUT2D eigenvalue weighted by molar-refractivity contribution is -0.385. The molecule has 0 atom stereocenters. The maximum atomic E-state index is 11.9. The summed E-state index contributed by atoms with van der Waals surface area (Å²) in [6, 6.07) is 11.9. The van der Waals surface area contributed by atoms with Crippen LogP contribution in [0.5, 0.6) is 0 Å². The van der Waals surface area contributed by atoms with Crippen LogP contribution >= 0.6 is 0 Å². The van der Waals surface area contributed by atoms with Crippen molar-refractivity contribution in [2.24, 2.45) is 0 Å². The van der Waals surface area contributed by atoms with Crippen LogP contribution in [0.3, 0.4) is 0 Å². The number of nitro groups is 1. The molecule has 134 valence electrons. The van der Waals surface area contributed by atoms with Gasteiger partial charge in [-0.15, -0.1) is 0 Å². The van der Waals surface area contributed by atoms with Crippen molar-refractivity contribution in [3.05, 3.63) is 75.3 Å². The lowest BCUT2D eigenvalue weighted by Gasteiger charge is -2.08. The molecule has 9 heteroatoms. The summed E-state index contributed by atoms with van der Waals surface area (Å²) in [5, 5.41) is 10.7. The Morgan fingerprint density at radius 1 is 1.04 bits per heavy atom. The van der Waals surface area contributed by atoms with Gasteiger partial charge < -0.3 is 4.74 Å². The number of aryl methyl sites for hydroxylation is 1. The van der Waals surface area contributed by atoms with Gasteiger partial charge in [0.2, 0.25) is 0 Å². The highest BCUT2D eigenvalue weighted by Crippen LogP contribution is 2.19. The maximum absolute atomic E-state index is 11.9. The zero-order valence-electron chi connectivity index (χ0n) is 13.7. The molecule has 0 heterocycles. The Morgan fingerprint density at radius 2 is 1.73 bits per heavy atom. The van der Waals surface area contributed by atoms with Gasteiger partial charge in [-0.25, -0.2) is 4.79 Å². The quantitative estimate of drug-likeness (QED) is 0.474. The average Bonchev–Trinajstić information content (AvgIpc) is 2.64. The molecule has 0 radical (unpaired) electrons. The molecule has 0 fully saturated rings. The van der Waals surface area contributed by atoms with Crippen LogP contribution in [0.25, 0.3) is 0 Å². The third kappa shape index (κ3) is 4.87. The first-order valence-electron chi connectivity index (χ1n) is 7.45. The van der Waals surface area contributed by atoms with Gasteiger partial charge in [0.1, 0.15) is 0 Å². The van der Waals surface area contributed by atoms with E-state index in [1.165, 1.54) is 25.1 Å². The predicted molar refractivity (Wildman–Crippen MR) is 90.2 cm³/mol. The van der Waals surface area contributed by atoms with Crippen molar-refractivity contribution in [1.29, 1.82) is 0 Å². The van der Waals surface area contributed by atoms with Crippen LogP contribution in [-0.4, -0.2) is 29.3 Å². The molecule has 0 unspecified atom stereocenters. The molecule has 9 nitrogen and oxygen atoms in total. The van der Waals surface area contributed by atoms with E-state index < -0.39 is 29.3 Å². The SMILES string of the molecule is Cc1cc(C(=O)OCC(=O)NNC(=O)c2ccccc2)ccc1[N+](=O)[O-]. The highest BCUT2D eigenvalue weighted by Gasteiger charge is 2.16. The molecule has 0 aliphatic heterocycles. The molecule has 2 aromatic carbocycles. The van der Waals surface area contributed by atoms with Crippen LogP contribution in [0.4, 0.5) is 5.69 Å². The van der Waals surface area contributed by atoms with Gasteiger partial charge in [-0.1, -0.05) is 18.2 Å². The molecular formula is C17H15N3O6. The molecule has 2 amide bonds. The molecule has 2 rings (SSSR count). The third-order valence-electron chi connectivity index (χ3n) is 3.31. The van der Waals surface area contributed by atoms with Gasteiger partial charge in [-0.3, -0.25) is 30.6 Å². The largest absolute Gasteiger partial charge is 0.452 e. The van der Waals surface area contributed by atoms with Crippen molar-refractivity contribution in [2.75, 3.05) is 6.61 Å². The Balaban J connectivity index is 1.83. The monoisotopic (exact) mass is 357 g/mol. The predicted octanol–water partition coefficient (Wildman–Crippen LogP) is 1.52. The van der Waals surface area contributed by atoms with Gasteiger partial charge in [-0.2, -0.15) is 0 Å². The van der Waals surface area contributed by atoms with Crippen LogP contribution in [0, 0.1) is 17.0 Å². The summed E-state index contributed by atoms with van der Waals surface area (Å²) in [5.74, 6) is -2.06. The van der Waals surface area contributed by atoms with E-state index in [-0.39, 0.29) is 11.3 Å². The number of carbonyl (C=O) groups excluding carboxylic acids is 3. The van der Waals surface area contributed by atoms with Crippen molar-refractivity contribution >= 4 is 23.5 Å². The minimum absolute atomic E-state index is 0.0780. The van der Waals surface area contributed by atoms with Gasteiger partial charge in [0.15, 0.2) is 6.61 Å². The Hall–Kier alpha value is -3.75. The molecule has 2 N–H and O–H groups in total. The summed E-state index contributed by atoms with van der Waals surface area (Å²) >= 11 is 0. The number of hydrogen-bond acceptors (Lipinski definition) is 6. The topological polar surface area (TPSA) is 128 Å². The van der Waals surface area contributed by atoms with Crippen molar-refractivity contribution in [3.8, 4) is 0 Å². The molecule has 0 saturated carbocycles. The lowest BCUT2D eigenvalue weighted by Crippen LogP contribution is -2.43. The number of nitrogens with one attached hydrogen (secondary N) is 2. The minimum Gasteiger partial charge on any atom is -0.452 e. The molecule has 0 spiro atoms. The normalized spacial score (nSPS) is 9.88. The Labute approximate surface area is 148 Å². The summed E-state index contributed by atoms with van der Waals surface area (Å²) in [6.07, 6.45) is 0. The standard InChI is InChI=1S/C17H15N3O6/c1-11-9-13(7-8-14(11)20(24)25)17(23)26-10-15(21)18-19-16(22)12-5-3-2-4-6-12/h2-9H,10H2,1H3,(H,18,21)(H,19,22). The fourth-order valence-electron chi connectivity index (χ4n) is 2.03. The van der Waals surface area contributed by atoms with Gasteiger partial charge in [0.05, 0.1) is 10.5 Å². The number of carbonyl (C=O) groups is 3. The van der Waals surface area contributed by atoms with E-state index in [1.807, 2.05) is 0 Å². The highest BCUT2D eigenvalue weighted by molar-refractivity contribution is 5.96. The zero-order valence-corrected chi connectivity index (χ0v) is 13.7. The lowest BCUT2D eigenvalue weighted by atomic mass is 10.1. The summed E-state index contributed by atoms with van der Waals surface area (Å²) in [5.41, 5.74) is 4.91. The number of rotatable bonds is 5. The summed E-state index contributed by atoms with van der Waals surface area (Å²) in [4.78, 5) is 45.4. The van der Waals surface area contributed by atoms with Crippen LogP contribution in [0.15, 0.2) is 48.5 Å². The van der Waals surface area contributed by atoms with Crippen LogP contribution in [0.1, 0.15) is 26.3 Å². The fraction of sp³-hybridized carbons (Fsp3) is 0.118. The van der Waals surface area contributed by atoms with Crippen molar-refractivity contribution in [1.82, 2.24) is 10.9 Å². The van der Waals surface area contributed by atoms with Gasteiger partial charge in [-0.05, 0) is 31.2 Å². The van der Waals surface area contributed by atoms with Gasteiger partial charge >= 0.3 is 5.97 Å². The summed E-state index contributed by atoms with van der Waals surface area (Å²) < 4.78 is 4.81. The number of benzene rings is 2. The first-order chi connectivity index (χ1) is 12.4. The molecule has 0 aliphatic rings. The Bertz CT molecular complexity index is 851. The molecule has 26 heavy (non-hydrogen) atoms. The number of hydrazine groups is 1. The second-order valence-electron chi connectivity index (χ2n) is 5.20. The van der Waals surface area contributed by atoms with E-state index >= 15 is 0 Å². The van der Waals surface area contributed by atoms with Gasteiger partial charge in [0, 0.05) is 17.2 Å². The minimum atomic E-state index is -0.812. The molecule has 0 saturated heterocycles. The van der Waals surface area contributed by atoms with E-state index in [2.05, 4.69) is 10.9 Å². The molecular weight excluding hydrogens is 342 g/mol. The van der Waals surface area contributed by atoms with Crippen molar-refractivity contribution in [2.45, 2.75) is 6.92 Å². The number of esters is 1. The molecule has 2 aromatic rings. The van der Waals surface area contributed by atoms with Crippen molar-refractivity contribution < 1.29 is 24.0 Å². The van der Waals surface area contributed by atoms with Gasteiger partial charge in [0.25, 0.3) is 17.5 Å². The number of hydrogen-bond donors (Lipinski definition) is 2. The van der Waals surface area contributed by atoms with E-state index in [9.17, 15) is 24.5 Å². The first-order valence-corrected chi connectivity index (χ1v) is 7.45. The number of nitro benzene ring substituents is 1. The summed E-state index contributed by atoms with van der Waals surface area (Å²) in [7, 11) is 0. The second-order valence-corrected chi connectivity index (χ2v) is 5.20. The number of ether oxygens (including phenoxy) is 1. The maximum Gasteiger partial charge on any atom is 0.338 e. The Morgan fingerprint density at radius 3 is 2.35 bits per heavy atom. The molecule has 0 bridgehead atoms. The van der Waals surface area contributed by atoms with E-state index in [0.29, 0.717) is 11.1 Å². The number of nitrogens with zero attached hydrogens (tertiary/aromatic N) is 1.